The van der Waals surface area contributed by atoms with Gasteiger partial charge in [-0.1, -0.05) is 30.3 Å². The lowest BCUT2D eigenvalue weighted by Gasteiger charge is -2.09. The minimum Gasteiger partial charge on any atom is -0.478 e. The van der Waals surface area contributed by atoms with Gasteiger partial charge in [-0.3, -0.25) is 0 Å². The molecule has 0 radical (unpaired) electrons. The van der Waals surface area contributed by atoms with Crippen molar-refractivity contribution in [2.24, 2.45) is 0 Å². The van der Waals surface area contributed by atoms with Gasteiger partial charge >= 0.3 is 9.15 Å². The molecule has 0 saturated heterocycles. The number of carbonyl (C=O) groups is 1. The van der Waals surface area contributed by atoms with E-state index in [9.17, 15) is 9.90 Å². The Morgan fingerprint density at radius 1 is 1.00 bits per heavy atom. The monoisotopic (exact) mass is 644 g/mol. The van der Waals surface area contributed by atoms with Crippen molar-refractivity contribution in [3.63, 3.8) is 0 Å². The van der Waals surface area contributed by atoms with Gasteiger partial charge in [0.2, 0.25) is 0 Å². The second kappa shape index (κ2) is 9.43. The number of fused-ring (bicyclic) bond motifs is 2. The highest BCUT2D eigenvalue weighted by molar-refractivity contribution is 9.69. The second-order valence-electron chi connectivity index (χ2n) is 6.00. The lowest BCUT2D eigenvalue weighted by Crippen LogP contribution is -2.00. The van der Waals surface area contributed by atoms with E-state index in [2.05, 4.69) is 99.6 Å². The molecule has 0 spiro atoms. The van der Waals surface area contributed by atoms with E-state index in [-0.39, 0.29) is 3.18 Å². The Morgan fingerprint density at radius 3 is 2.32 bits per heavy atom. The van der Waals surface area contributed by atoms with Crippen molar-refractivity contribution < 1.29 is 9.90 Å². The normalized spacial score (nSPS) is 10.6. The third-order valence-corrected chi connectivity index (χ3v) is 6.45. The van der Waals surface area contributed by atoms with Crippen molar-refractivity contribution in [2.75, 3.05) is 0 Å². The molecule has 28 heavy (non-hydrogen) atoms. The van der Waals surface area contributed by atoms with Crippen molar-refractivity contribution in [3.05, 3.63) is 70.2 Å². The summed E-state index contributed by atoms with van der Waals surface area (Å²) in [6.07, 6.45) is 0. The molecule has 3 aromatic carbocycles. The van der Waals surface area contributed by atoms with E-state index in [1.807, 2.05) is 19.1 Å². The molecule has 0 unspecified atom stereocenters. The molecule has 0 aliphatic heterocycles. The zero-order valence-corrected chi connectivity index (χ0v) is 21.7. The maximum absolute atomic E-state index is 11.5. The standard InChI is InChI=1S/C20H13BrO2S.BBr3/c1-11-16(20(22)23)9-14-8-13(6-7-15(14)19(11)21)18-10-12-4-2-3-5-17(12)24-18;2-1(3)4/h2-10H,1H3,(H,22,23);. The molecule has 1 aromatic heterocycles. The first-order valence-electron chi connectivity index (χ1n) is 8.15. The van der Waals surface area contributed by atoms with Crippen molar-refractivity contribution in [1.82, 2.24) is 0 Å². The molecule has 0 aliphatic rings. The topological polar surface area (TPSA) is 37.3 Å². The highest BCUT2D eigenvalue weighted by atomic mass is 79.9. The molecule has 4 aromatic rings. The van der Waals surface area contributed by atoms with E-state index >= 15 is 0 Å². The Morgan fingerprint density at radius 2 is 1.68 bits per heavy atom. The highest BCUT2D eigenvalue weighted by Crippen LogP contribution is 2.37. The molecule has 4 rings (SSSR count). The smallest absolute Gasteiger partial charge is 0.369 e. The quantitative estimate of drug-likeness (QED) is 0.221. The van der Waals surface area contributed by atoms with Crippen LogP contribution in [0.25, 0.3) is 31.3 Å². The molecule has 142 valence electrons. The van der Waals surface area contributed by atoms with Crippen LogP contribution in [0.1, 0.15) is 15.9 Å². The van der Waals surface area contributed by atoms with E-state index in [4.69, 9.17) is 0 Å². The van der Waals surface area contributed by atoms with Crippen LogP contribution in [0.3, 0.4) is 0 Å². The molecular formula is C20H13BBr4O2S. The maximum Gasteiger partial charge on any atom is 0.369 e. The number of hydrogen-bond acceptors (Lipinski definition) is 2. The fraction of sp³-hybridized carbons (Fsp3) is 0.0500. The Hall–Kier alpha value is -0.665. The van der Waals surface area contributed by atoms with Gasteiger partial charge in [0.15, 0.2) is 0 Å². The highest BCUT2D eigenvalue weighted by Gasteiger charge is 2.14. The van der Waals surface area contributed by atoms with Crippen molar-refractivity contribution >= 4 is 105 Å². The van der Waals surface area contributed by atoms with E-state index in [0.29, 0.717) is 5.56 Å². The number of halogens is 4. The molecule has 0 aliphatic carbocycles. The van der Waals surface area contributed by atoms with Gasteiger partial charge < -0.3 is 5.11 Å². The van der Waals surface area contributed by atoms with Gasteiger partial charge in [-0.05, 0) is 74.4 Å². The van der Waals surface area contributed by atoms with Crippen LogP contribution >= 0.6 is 74.5 Å². The molecule has 8 heteroatoms. The number of thiophene rings is 1. The van der Waals surface area contributed by atoms with E-state index < -0.39 is 5.97 Å². The Balaban J connectivity index is 0.000000516. The van der Waals surface area contributed by atoms with Crippen LogP contribution in [0, 0.1) is 6.92 Å². The van der Waals surface area contributed by atoms with Crippen LogP contribution in [-0.4, -0.2) is 14.3 Å². The molecular weight excluding hydrogens is 635 g/mol. The summed E-state index contributed by atoms with van der Waals surface area (Å²) < 4.78 is 2.37. The van der Waals surface area contributed by atoms with Crippen LogP contribution in [0.4, 0.5) is 0 Å². The minimum atomic E-state index is -0.901. The summed E-state index contributed by atoms with van der Waals surface area (Å²) in [7, 11) is 0. The summed E-state index contributed by atoms with van der Waals surface area (Å²) in [6, 6.07) is 18.5. The SMILES string of the molecule is BrB(Br)Br.Cc1c(C(=O)O)cc2cc(-c3cc4ccccc4s3)ccc2c1Br. The van der Waals surface area contributed by atoms with Crippen LogP contribution in [0.2, 0.25) is 0 Å². The predicted molar refractivity (Wildman–Crippen MR) is 137 cm³/mol. The molecule has 0 amide bonds. The zero-order valence-electron chi connectivity index (χ0n) is 14.5. The summed E-state index contributed by atoms with van der Waals surface area (Å²) in [4.78, 5) is 12.7. The van der Waals surface area contributed by atoms with E-state index in [1.165, 1.54) is 15.0 Å². The molecule has 1 N–H and O–H groups in total. The van der Waals surface area contributed by atoms with Gasteiger partial charge in [-0.2, -0.15) is 0 Å². The number of carboxylic acids is 1. The number of carboxylic acid groups (broad SMARTS) is 1. The molecule has 1 heterocycles. The fourth-order valence-corrected chi connectivity index (χ4v) is 4.60. The van der Waals surface area contributed by atoms with Gasteiger partial charge in [0.25, 0.3) is 0 Å². The van der Waals surface area contributed by atoms with Crippen LogP contribution in [-0.2, 0) is 0 Å². The second-order valence-corrected chi connectivity index (χ2v) is 14.3. The van der Waals surface area contributed by atoms with Gasteiger partial charge in [-0.15, -0.1) is 58.6 Å². The molecule has 0 saturated carbocycles. The van der Waals surface area contributed by atoms with Crippen molar-refractivity contribution in [1.29, 1.82) is 0 Å². The number of hydrogen-bond donors (Lipinski definition) is 1. The van der Waals surface area contributed by atoms with Crippen LogP contribution < -0.4 is 0 Å². The average Bonchev–Trinajstić information content (AvgIpc) is 3.08. The summed E-state index contributed by atoms with van der Waals surface area (Å²) in [5.41, 5.74) is 2.20. The number of aromatic carboxylic acids is 1. The molecule has 0 bridgehead atoms. The van der Waals surface area contributed by atoms with Gasteiger partial charge in [0.1, 0.15) is 0 Å². The molecule has 0 atom stereocenters. The Bertz CT molecular complexity index is 1140. The van der Waals surface area contributed by atoms with Gasteiger partial charge in [-0.25, -0.2) is 4.79 Å². The maximum atomic E-state index is 11.5. The summed E-state index contributed by atoms with van der Waals surface area (Å²) in [5.74, 6) is -0.901. The van der Waals surface area contributed by atoms with Gasteiger partial charge in [0.05, 0.1) is 5.56 Å². The van der Waals surface area contributed by atoms with E-state index in [1.54, 1.807) is 17.4 Å². The van der Waals surface area contributed by atoms with Gasteiger partial charge in [0, 0.05) is 14.0 Å². The minimum absolute atomic E-state index is 0.271. The average molecular weight is 648 g/mol. The predicted octanol–water partition coefficient (Wildman–Crippen LogP) is 8.65. The number of benzene rings is 3. The largest absolute Gasteiger partial charge is 0.478 e. The van der Waals surface area contributed by atoms with Crippen molar-refractivity contribution in [3.8, 4) is 10.4 Å². The zero-order chi connectivity index (χ0) is 20.4. The van der Waals surface area contributed by atoms with Crippen LogP contribution in [0.15, 0.2) is 59.1 Å². The first-order valence-corrected chi connectivity index (χ1v) is 12.5. The molecule has 0 fully saturated rings. The summed E-state index contributed by atoms with van der Waals surface area (Å²) >= 11 is 14.6. The van der Waals surface area contributed by atoms with Crippen molar-refractivity contribution in [2.45, 2.75) is 6.92 Å². The first-order chi connectivity index (χ1) is 13.3. The lowest BCUT2D eigenvalue weighted by molar-refractivity contribution is 0.0696. The van der Waals surface area contributed by atoms with E-state index in [0.717, 1.165) is 26.4 Å². The Labute approximate surface area is 200 Å². The summed E-state index contributed by atoms with van der Waals surface area (Å²) in [6.45, 7) is 1.83. The summed E-state index contributed by atoms with van der Waals surface area (Å²) in [5, 5.41) is 12.6. The number of rotatable bonds is 2. The third kappa shape index (κ3) is 4.90. The van der Waals surface area contributed by atoms with Crippen LogP contribution in [0.5, 0.6) is 0 Å². The molecule has 2 nitrogen and oxygen atoms in total. The third-order valence-electron chi connectivity index (χ3n) is 4.26. The Kier molecular flexibility index (Phi) is 7.42. The first kappa shape index (κ1) is 22.0. The lowest BCUT2D eigenvalue weighted by atomic mass is 9.99. The fourth-order valence-electron chi connectivity index (χ4n) is 2.97.